The van der Waals surface area contributed by atoms with E-state index in [-0.39, 0.29) is 31.5 Å². The molecular formula is C11H16Cl2F3N3O3. The second-order valence-electron chi connectivity index (χ2n) is 4.01. The van der Waals surface area contributed by atoms with Crippen LogP contribution >= 0.6 is 23.2 Å². The standard InChI is InChI=1S/C11H16Cl2F3N3O3/c12-5-8(6-13)19-22-7-9(20)17-3-1-2-4-18-10(21)11(14,15)16/h1-7H2,(H,17,20)(H,18,21). The molecule has 0 unspecified atom stereocenters. The Morgan fingerprint density at radius 1 is 1.05 bits per heavy atom. The Morgan fingerprint density at radius 3 is 2.09 bits per heavy atom. The van der Waals surface area contributed by atoms with Crippen LogP contribution in [-0.4, -0.2) is 55.2 Å². The molecule has 0 rings (SSSR count). The molecule has 22 heavy (non-hydrogen) atoms. The fraction of sp³-hybridized carbons (Fsp3) is 0.727. The van der Waals surface area contributed by atoms with Crippen LogP contribution in [-0.2, 0) is 14.4 Å². The average molecular weight is 366 g/mol. The van der Waals surface area contributed by atoms with Gasteiger partial charge < -0.3 is 15.5 Å². The fourth-order valence-electron chi connectivity index (χ4n) is 1.10. The molecule has 0 aromatic carbocycles. The molecule has 0 fully saturated rings. The van der Waals surface area contributed by atoms with Crippen molar-refractivity contribution in [2.45, 2.75) is 19.0 Å². The number of amides is 2. The average Bonchev–Trinajstić information content (AvgIpc) is 2.46. The van der Waals surface area contributed by atoms with E-state index in [1.54, 1.807) is 5.32 Å². The number of halogens is 5. The number of alkyl halides is 5. The number of rotatable bonds is 10. The second kappa shape index (κ2) is 11.4. The van der Waals surface area contributed by atoms with Gasteiger partial charge in [-0.25, -0.2) is 0 Å². The number of nitrogens with one attached hydrogen (secondary N) is 2. The molecule has 0 bridgehead atoms. The van der Waals surface area contributed by atoms with Gasteiger partial charge in [0.15, 0.2) is 6.61 Å². The lowest BCUT2D eigenvalue weighted by molar-refractivity contribution is -0.173. The maximum absolute atomic E-state index is 11.8. The predicted octanol–water partition coefficient (Wildman–Crippen LogP) is 1.41. The first-order chi connectivity index (χ1) is 10.3. The summed E-state index contributed by atoms with van der Waals surface area (Å²) in [4.78, 5) is 26.5. The molecule has 0 aliphatic carbocycles. The summed E-state index contributed by atoms with van der Waals surface area (Å²) in [7, 11) is 0. The summed E-state index contributed by atoms with van der Waals surface area (Å²) in [6.45, 7) is -0.197. The SMILES string of the molecule is O=C(CON=C(CCl)CCl)NCCCCNC(=O)C(F)(F)F. The van der Waals surface area contributed by atoms with Gasteiger partial charge in [0.1, 0.15) is 0 Å². The highest BCUT2D eigenvalue weighted by molar-refractivity contribution is 6.36. The molecule has 2 N–H and O–H groups in total. The summed E-state index contributed by atoms with van der Waals surface area (Å²) in [5.41, 5.74) is 0.386. The van der Waals surface area contributed by atoms with E-state index >= 15 is 0 Å². The van der Waals surface area contributed by atoms with Crippen LogP contribution in [0.5, 0.6) is 0 Å². The van der Waals surface area contributed by atoms with Crippen LogP contribution < -0.4 is 10.6 Å². The first-order valence-electron chi connectivity index (χ1n) is 6.22. The van der Waals surface area contributed by atoms with E-state index in [4.69, 9.17) is 28.0 Å². The van der Waals surface area contributed by atoms with Crippen molar-refractivity contribution in [3.05, 3.63) is 0 Å². The third-order valence-electron chi connectivity index (χ3n) is 2.17. The van der Waals surface area contributed by atoms with Crippen molar-refractivity contribution in [3.8, 4) is 0 Å². The van der Waals surface area contributed by atoms with E-state index in [1.807, 2.05) is 0 Å². The van der Waals surface area contributed by atoms with Gasteiger partial charge in [0.25, 0.3) is 5.91 Å². The first-order valence-corrected chi connectivity index (χ1v) is 7.29. The molecule has 0 spiro atoms. The van der Waals surface area contributed by atoms with Crippen molar-refractivity contribution in [1.29, 1.82) is 0 Å². The van der Waals surface area contributed by atoms with Gasteiger partial charge in [-0.15, -0.1) is 23.2 Å². The molecule has 0 heterocycles. The highest BCUT2D eigenvalue weighted by Gasteiger charge is 2.38. The summed E-state index contributed by atoms with van der Waals surface area (Å²) >= 11 is 10.9. The quantitative estimate of drug-likeness (QED) is 0.266. The maximum Gasteiger partial charge on any atom is 0.471 e. The molecule has 0 saturated carbocycles. The van der Waals surface area contributed by atoms with Gasteiger partial charge in [-0.05, 0) is 12.8 Å². The number of nitrogens with zero attached hydrogens (tertiary/aromatic N) is 1. The number of oxime groups is 1. The lowest BCUT2D eigenvalue weighted by Gasteiger charge is -2.08. The van der Waals surface area contributed by atoms with Gasteiger partial charge >= 0.3 is 12.1 Å². The van der Waals surface area contributed by atoms with Crippen LogP contribution in [0.2, 0.25) is 0 Å². The minimum atomic E-state index is -4.88. The van der Waals surface area contributed by atoms with Gasteiger partial charge in [-0.3, -0.25) is 9.59 Å². The monoisotopic (exact) mass is 365 g/mol. The van der Waals surface area contributed by atoms with Gasteiger partial charge in [0.05, 0.1) is 17.5 Å². The molecule has 0 aromatic rings. The van der Waals surface area contributed by atoms with E-state index in [0.29, 0.717) is 18.6 Å². The van der Waals surface area contributed by atoms with Gasteiger partial charge in [0.2, 0.25) is 0 Å². The summed E-state index contributed by atoms with van der Waals surface area (Å²) in [6.07, 6.45) is -4.18. The summed E-state index contributed by atoms with van der Waals surface area (Å²) in [5, 5.41) is 7.74. The number of unbranched alkanes of at least 4 members (excludes halogenated alkanes) is 1. The Balaban J connectivity index is 3.62. The van der Waals surface area contributed by atoms with E-state index < -0.39 is 18.0 Å². The van der Waals surface area contributed by atoms with Crippen molar-refractivity contribution in [2.24, 2.45) is 5.16 Å². The van der Waals surface area contributed by atoms with Crippen LogP contribution in [0.1, 0.15) is 12.8 Å². The third-order valence-corrected chi connectivity index (χ3v) is 2.78. The highest BCUT2D eigenvalue weighted by Crippen LogP contribution is 2.13. The van der Waals surface area contributed by atoms with Crippen LogP contribution in [0.15, 0.2) is 5.16 Å². The molecule has 11 heteroatoms. The summed E-state index contributed by atoms with van der Waals surface area (Å²) < 4.78 is 35.5. The number of carbonyl (C=O) groups is 2. The Morgan fingerprint density at radius 2 is 1.59 bits per heavy atom. The summed E-state index contributed by atoms with van der Waals surface area (Å²) in [6, 6.07) is 0. The van der Waals surface area contributed by atoms with Crippen molar-refractivity contribution in [1.82, 2.24) is 10.6 Å². The van der Waals surface area contributed by atoms with E-state index in [0.717, 1.165) is 0 Å². The Bertz CT molecular complexity index is 387. The van der Waals surface area contributed by atoms with Crippen LogP contribution in [0.3, 0.4) is 0 Å². The molecule has 0 atom stereocenters. The Kier molecular flexibility index (Phi) is 10.7. The molecule has 128 valence electrons. The minimum Gasteiger partial charge on any atom is -0.386 e. The molecule has 0 radical (unpaired) electrons. The lowest BCUT2D eigenvalue weighted by Crippen LogP contribution is -2.37. The van der Waals surface area contributed by atoms with Gasteiger partial charge in [-0.1, -0.05) is 5.16 Å². The van der Waals surface area contributed by atoms with Gasteiger partial charge in [-0.2, -0.15) is 13.2 Å². The van der Waals surface area contributed by atoms with Crippen LogP contribution in [0, 0.1) is 0 Å². The van der Waals surface area contributed by atoms with Crippen LogP contribution in [0.4, 0.5) is 13.2 Å². The molecule has 0 saturated heterocycles. The topological polar surface area (TPSA) is 79.8 Å². The fourth-order valence-corrected chi connectivity index (χ4v) is 1.48. The molecule has 0 aliphatic heterocycles. The molecule has 6 nitrogen and oxygen atoms in total. The zero-order chi connectivity index (χ0) is 17.0. The Labute approximate surface area is 135 Å². The second-order valence-corrected chi connectivity index (χ2v) is 4.54. The van der Waals surface area contributed by atoms with E-state index in [1.165, 1.54) is 0 Å². The van der Waals surface area contributed by atoms with Crippen molar-refractivity contribution < 1.29 is 27.6 Å². The zero-order valence-corrected chi connectivity index (χ0v) is 13.0. The van der Waals surface area contributed by atoms with Crippen LogP contribution in [0.25, 0.3) is 0 Å². The predicted molar refractivity (Wildman–Crippen MR) is 76.1 cm³/mol. The highest BCUT2D eigenvalue weighted by atomic mass is 35.5. The van der Waals surface area contributed by atoms with Crippen molar-refractivity contribution in [3.63, 3.8) is 0 Å². The Hall–Kier alpha value is -1.22. The molecule has 0 aliphatic rings. The zero-order valence-electron chi connectivity index (χ0n) is 11.5. The first kappa shape index (κ1) is 20.8. The maximum atomic E-state index is 11.8. The van der Waals surface area contributed by atoms with Gasteiger partial charge in [0, 0.05) is 13.1 Å². The summed E-state index contributed by atoms with van der Waals surface area (Å²) in [5.74, 6) is -2.23. The number of carbonyl (C=O) groups excluding carboxylic acids is 2. The molecule has 0 aromatic heterocycles. The smallest absolute Gasteiger partial charge is 0.386 e. The number of hydrogen-bond acceptors (Lipinski definition) is 4. The third kappa shape index (κ3) is 10.5. The largest absolute Gasteiger partial charge is 0.471 e. The normalized spacial score (nSPS) is 10.8. The minimum absolute atomic E-state index is 0.0920. The molecular weight excluding hydrogens is 350 g/mol. The van der Waals surface area contributed by atoms with E-state index in [2.05, 4.69) is 10.5 Å². The lowest BCUT2D eigenvalue weighted by atomic mass is 10.3. The van der Waals surface area contributed by atoms with E-state index in [9.17, 15) is 22.8 Å². The van der Waals surface area contributed by atoms with Crippen molar-refractivity contribution >= 4 is 40.7 Å². The number of hydrogen-bond donors (Lipinski definition) is 2. The molecule has 2 amide bonds. The van der Waals surface area contributed by atoms with Crippen molar-refractivity contribution in [2.75, 3.05) is 31.5 Å².